The lowest BCUT2D eigenvalue weighted by Crippen LogP contribution is -2.06. The number of aryl methyl sites for hydroxylation is 1. The Balaban J connectivity index is 2.41. The van der Waals surface area contributed by atoms with Gasteiger partial charge in [0.05, 0.1) is 0 Å². The van der Waals surface area contributed by atoms with Crippen LogP contribution < -0.4 is 0 Å². The van der Waals surface area contributed by atoms with Crippen LogP contribution in [0.1, 0.15) is 19.4 Å². The van der Waals surface area contributed by atoms with Crippen LogP contribution in [0.25, 0.3) is 11.5 Å². The van der Waals surface area contributed by atoms with Gasteiger partial charge >= 0.3 is 0 Å². The van der Waals surface area contributed by atoms with Gasteiger partial charge in [0.25, 0.3) is 0 Å². The van der Waals surface area contributed by atoms with Crippen molar-refractivity contribution in [1.29, 1.82) is 0 Å². The predicted octanol–water partition coefficient (Wildman–Crippen LogP) is 2.30. The van der Waals surface area contributed by atoms with Gasteiger partial charge in [0.1, 0.15) is 12.0 Å². The van der Waals surface area contributed by atoms with Crippen molar-refractivity contribution in [3.63, 3.8) is 0 Å². The second kappa shape index (κ2) is 4.43. The van der Waals surface area contributed by atoms with E-state index in [4.69, 9.17) is 0 Å². The van der Waals surface area contributed by atoms with Crippen LogP contribution in [0.2, 0.25) is 0 Å². The third-order valence-corrected chi connectivity index (χ3v) is 2.40. The second-order valence-corrected chi connectivity index (χ2v) is 4.37. The first-order valence-electron chi connectivity index (χ1n) is 5.48. The third-order valence-electron chi connectivity index (χ3n) is 2.40. The van der Waals surface area contributed by atoms with E-state index >= 15 is 0 Å². The standard InChI is InChI=1S/C12H16N4/c1-9(2)7-16-8-14-15-12(16)11-10(3)5-4-6-13-11/h4-6,8-9H,7H2,1-3H3. The van der Waals surface area contributed by atoms with E-state index in [0.717, 1.165) is 23.6 Å². The minimum absolute atomic E-state index is 0.568. The highest BCUT2D eigenvalue weighted by atomic mass is 15.3. The predicted molar refractivity (Wildman–Crippen MR) is 62.8 cm³/mol. The number of aromatic nitrogens is 4. The molecule has 0 aliphatic carbocycles. The topological polar surface area (TPSA) is 43.6 Å². The van der Waals surface area contributed by atoms with Crippen molar-refractivity contribution < 1.29 is 0 Å². The fraction of sp³-hybridized carbons (Fsp3) is 0.417. The minimum atomic E-state index is 0.568. The van der Waals surface area contributed by atoms with Gasteiger partial charge in [0.15, 0.2) is 5.82 Å². The smallest absolute Gasteiger partial charge is 0.182 e. The van der Waals surface area contributed by atoms with Crippen LogP contribution in [0.15, 0.2) is 24.7 Å². The van der Waals surface area contributed by atoms with Gasteiger partial charge in [-0.25, -0.2) is 0 Å². The van der Waals surface area contributed by atoms with E-state index < -0.39 is 0 Å². The number of hydrogen-bond acceptors (Lipinski definition) is 3. The largest absolute Gasteiger partial charge is 0.312 e. The van der Waals surface area contributed by atoms with E-state index in [9.17, 15) is 0 Å². The van der Waals surface area contributed by atoms with Crippen LogP contribution in [-0.2, 0) is 6.54 Å². The lowest BCUT2D eigenvalue weighted by molar-refractivity contribution is 0.525. The molecule has 2 rings (SSSR count). The zero-order valence-electron chi connectivity index (χ0n) is 9.88. The van der Waals surface area contributed by atoms with Crippen LogP contribution in [0.4, 0.5) is 0 Å². The van der Waals surface area contributed by atoms with Crippen LogP contribution >= 0.6 is 0 Å². The molecule has 0 amide bonds. The van der Waals surface area contributed by atoms with Crippen molar-refractivity contribution in [3.8, 4) is 11.5 Å². The first-order chi connectivity index (χ1) is 7.68. The van der Waals surface area contributed by atoms with Crippen LogP contribution in [-0.4, -0.2) is 19.7 Å². The van der Waals surface area contributed by atoms with Gasteiger partial charge in [0, 0.05) is 12.7 Å². The number of hydrogen-bond donors (Lipinski definition) is 0. The molecular weight excluding hydrogens is 200 g/mol. The van der Waals surface area contributed by atoms with Gasteiger partial charge < -0.3 is 4.57 Å². The van der Waals surface area contributed by atoms with E-state index in [1.807, 2.05) is 19.1 Å². The molecule has 4 nitrogen and oxygen atoms in total. The molecule has 2 aromatic heterocycles. The summed E-state index contributed by atoms with van der Waals surface area (Å²) in [4.78, 5) is 4.37. The Hall–Kier alpha value is -1.71. The zero-order chi connectivity index (χ0) is 11.5. The Morgan fingerprint density at radius 3 is 2.88 bits per heavy atom. The highest BCUT2D eigenvalue weighted by Gasteiger charge is 2.11. The van der Waals surface area contributed by atoms with E-state index in [0.29, 0.717) is 5.92 Å². The summed E-state index contributed by atoms with van der Waals surface area (Å²) in [5, 5.41) is 8.12. The molecular formula is C12H16N4. The Morgan fingerprint density at radius 2 is 2.19 bits per heavy atom. The maximum Gasteiger partial charge on any atom is 0.182 e. The Labute approximate surface area is 95.4 Å². The third kappa shape index (κ3) is 2.10. The molecule has 0 saturated carbocycles. The molecule has 0 unspecified atom stereocenters. The molecule has 0 saturated heterocycles. The first kappa shape index (κ1) is 10.8. The fourth-order valence-electron chi connectivity index (χ4n) is 1.69. The summed E-state index contributed by atoms with van der Waals surface area (Å²) < 4.78 is 2.06. The quantitative estimate of drug-likeness (QED) is 0.790. The van der Waals surface area contributed by atoms with Crippen molar-refractivity contribution in [2.24, 2.45) is 5.92 Å². The van der Waals surface area contributed by atoms with Crippen molar-refractivity contribution in [2.45, 2.75) is 27.3 Å². The number of rotatable bonds is 3. The molecule has 4 heteroatoms. The summed E-state index contributed by atoms with van der Waals surface area (Å²) in [6.45, 7) is 7.30. The highest BCUT2D eigenvalue weighted by molar-refractivity contribution is 5.53. The molecule has 0 aliphatic heterocycles. The molecule has 2 heterocycles. The SMILES string of the molecule is Cc1cccnc1-c1nncn1CC(C)C. The number of pyridine rings is 1. The normalized spacial score (nSPS) is 11.0. The Kier molecular flexibility index (Phi) is 2.99. The molecule has 0 N–H and O–H groups in total. The Bertz CT molecular complexity index is 473. The lowest BCUT2D eigenvalue weighted by atomic mass is 10.2. The summed E-state index contributed by atoms with van der Waals surface area (Å²) in [7, 11) is 0. The average Bonchev–Trinajstić information content (AvgIpc) is 2.66. The highest BCUT2D eigenvalue weighted by Crippen LogP contribution is 2.18. The van der Waals surface area contributed by atoms with E-state index in [1.165, 1.54) is 0 Å². The average molecular weight is 216 g/mol. The van der Waals surface area contributed by atoms with Crippen molar-refractivity contribution in [1.82, 2.24) is 19.7 Å². The van der Waals surface area contributed by atoms with Gasteiger partial charge in [-0.1, -0.05) is 19.9 Å². The first-order valence-corrected chi connectivity index (χ1v) is 5.48. The van der Waals surface area contributed by atoms with Crippen LogP contribution in [0, 0.1) is 12.8 Å². The van der Waals surface area contributed by atoms with Crippen LogP contribution in [0.3, 0.4) is 0 Å². The van der Waals surface area contributed by atoms with Gasteiger partial charge in [-0.3, -0.25) is 4.98 Å². The van der Waals surface area contributed by atoms with E-state index in [1.54, 1.807) is 12.5 Å². The van der Waals surface area contributed by atoms with E-state index in [-0.39, 0.29) is 0 Å². The monoisotopic (exact) mass is 216 g/mol. The molecule has 0 radical (unpaired) electrons. The second-order valence-electron chi connectivity index (χ2n) is 4.37. The summed E-state index contributed by atoms with van der Waals surface area (Å²) in [5.74, 6) is 1.42. The molecule has 0 bridgehead atoms. The fourth-order valence-corrected chi connectivity index (χ4v) is 1.69. The summed E-state index contributed by atoms with van der Waals surface area (Å²) >= 11 is 0. The minimum Gasteiger partial charge on any atom is -0.312 e. The molecule has 2 aromatic rings. The van der Waals surface area contributed by atoms with Crippen molar-refractivity contribution in [2.75, 3.05) is 0 Å². The summed E-state index contributed by atoms with van der Waals surface area (Å²) in [6.07, 6.45) is 3.56. The van der Waals surface area contributed by atoms with Crippen LogP contribution in [0.5, 0.6) is 0 Å². The zero-order valence-corrected chi connectivity index (χ0v) is 9.88. The molecule has 0 aliphatic rings. The molecule has 84 valence electrons. The summed E-state index contributed by atoms with van der Waals surface area (Å²) in [5.41, 5.74) is 2.04. The molecule has 16 heavy (non-hydrogen) atoms. The van der Waals surface area contributed by atoms with Crippen molar-refractivity contribution in [3.05, 3.63) is 30.2 Å². The Morgan fingerprint density at radius 1 is 1.38 bits per heavy atom. The van der Waals surface area contributed by atoms with Crippen molar-refractivity contribution >= 4 is 0 Å². The molecule has 0 aromatic carbocycles. The van der Waals surface area contributed by atoms with Gasteiger partial charge in [-0.2, -0.15) is 0 Å². The molecule has 0 atom stereocenters. The summed E-state index contributed by atoms with van der Waals surface area (Å²) in [6, 6.07) is 3.97. The van der Waals surface area contributed by atoms with Gasteiger partial charge in [0.2, 0.25) is 0 Å². The maximum absolute atomic E-state index is 4.37. The maximum atomic E-state index is 4.37. The van der Waals surface area contributed by atoms with E-state index in [2.05, 4.69) is 33.6 Å². The van der Waals surface area contributed by atoms with Gasteiger partial charge in [-0.05, 0) is 24.5 Å². The van der Waals surface area contributed by atoms with Gasteiger partial charge in [-0.15, -0.1) is 10.2 Å². The molecule has 0 fully saturated rings. The number of nitrogens with zero attached hydrogens (tertiary/aromatic N) is 4. The molecule has 0 spiro atoms. The lowest BCUT2D eigenvalue weighted by Gasteiger charge is -2.09.